The molecule has 1 aromatic carbocycles. The van der Waals surface area contributed by atoms with Crippen molar-refractivity contribution in [1.29, 1.82) is 0 Å². The molecule has 86 valence electrons. The van der Waals surface area contributed by atoms with Crippen LogP contribution in [0.15, 0.2) is 57.0 Å². The molecule has 0 radical (unpaired) electrons. The van der Waals surface area contributed by atoms with Gasteiger partial charge in [0.1, 0.15) is 5.03 Å². The van der Waals surface area contributed by atoms with Crippen molar-refractivity contribution in [2.75, 3.05) is 0 Å². The topological polar surface area (TPSA) is 30.0 Å². The molecule has 0 saturated carbocycles. The molecule has 0 spiro atoms. The molecule has 17 heavy (non-hydrogen) atoms. The Morgan fingerprint density at radius 2 is 2.12 bits per heavy atom. The van der Waals surface area contributed by atoms with Crippen LogP contribution in [-0.4, -0.2) is 10.8 Å². The lowest BCUT2D eigenvalue weighted by atomic mass is 10.2. The summed E-state index contributed by atoms with van der Waals surface area (Å²) < 4.78 is 1.04. The van der Waals surface area contributed by atoms with E-state index in [4.69, 9.17) is 0 Å². The number of aromatic nitrogens is 1. The maximum absolute atomic E-state index is 11.1. The van der Waals surface area contributed by atoms with E-state index in [-0.39, 0.29) is 5.78 Å². The van der Waals surface area contributed by atoms with Gasteiger partial charge >= 0.3 is 0 Å². The third-order valence-electron chi connectivity index (χ3n) is 2.16. The lowest BCUT2D eigenvalue weighted by molar-refractivity contribution is 0.101. The Bertz CT molecular complexity index is 539. The molecule has 0 unspecified atom stereocenters. The van der Waals surface area contributed by atoms with Crippen LogP contribution < -0.4 is 0 Å². The van der Waals surface area contributed by atoms with Crippen LogP contribution in [0.25, 0.3) is 0 Å². The highest BCUT2D eigenvalue weighted by molar-refractivity contribution is 9.10. The average molecular weight is 308 g/mol. The van der Waals surface area contributed by atoms with Crippen molar-refractivity contribution in [1.82, 2.24) is 4.98 Å². The van der Waals surface area contributed by atoms with Crippen molar-refractivity contribution in [2.45, 2.75) is 16.8 Å². The zero-order valence-electron chi connectivity index (χ0n) is 9.18. The number of nitrogens with zero attached hydrogens (tertiary/aromatic N) is 1. The fraction of sp³-hybridized carbons (Fsp3) is 0.0769. The molecule has 0 aliphatic carbocycles. The zero-order chi connectivity index (χ0) is 12.3. The van der Waals surface area contributed by atoms with E-state index < -0.39 is 0 Å². The van der Waals surface area contributed by atoms with Gasteiger partial charge in [0.15, 0.2) is 5.78 Å². The van der Waals surface area contributed by atoms with Gasteiger partial charge in [-0.3, -0.25) is 4.79 Å². The van der Waals surface area contributed by atoms with Crippen molar-refractivity contribution in [3.63, 3.8) is 0 Å². The number of pyridine rings is 1. The first-order chi connectivity index (χ1) is 8.15. The molecular weight excluding hydrogens is 298 g/mol. The van der Waals surface area contributed by atoms with Gasteiger partial charge in [-0.05, 0) is 37.3 Å². The molecule has 0 atom stereocenters. The third kappa shape index (κ3) is 3.41. The highest BCUT2D eigenvalue weighted by atomic mass is 79.9. The van der Waals surface area contributed by atoms with Crippen molar-refractivity contribution in [3.8, 4) is 0 Å². The van der Waals surface area contributed by atoms with Gasteiger partial charge < -0.3 is 0 Å². The Morgan fingerprint density at radius 3 is 2.71 bits per heavy atom. The Hall–Kier alpha value is -1.13. The first-order valence-electron chi connectivity index (χ1n) is 5.05. The van der Waals surface area contributed by atoms with Crippen molar-refractivity contribution >= 4 is 33.5 Å². The molecule has 1 heterocycles. The van der Waals surface area contributed by atoms with Crippen LogP contribution in [0, 0.1) is 0 Å². The van der Waals surface area contributed by atoms with Crippen LogP contribution >= 0.6 is 27.7 Å². The fourth-order valence-corrected chi connectivity index (χ4v) is 2.67. The summed E-state index contributed by atoms with van der Waals surface area (Å²) in [6.45, 7) is 1.54. The highest BCUT2D eigenvalue weighted by Gasteiger charge is 2.02. The summed E-state index contributed by atoms with van der Waals surface area (Å²) in [5, 5.41) is 0.883. The molecule has 1 aromatic heterocycles. The van der Waals surface area contributed by atoms with E-state index >= 15 is 0 Å². The van der Waals surface area contributed by atoms with Gasteiger partial charge in [0.2, 0.25) is 0 Å². The number of benzene rings is 1. The molecule has 2 aromatic rings. The van der Waals surface area contributed by atoms with Crippen molar-refractivity contribution in [3.05, 3.63) is 52.6 Å². The monoisotopic (exact) mass is 307 g/mol. The lowest BCUT2D eigenvalue weighted by Crippen LogP contribution is -1.92. The van der Waals surface area contributed by atoms with Crippen LogP contribution in [0.3, 0.4) is 0 Å². The van der Waals surface area contributed by atoms with Gasteiger partial charge in [0.05, 0.1) is 0 Å². The van der Waals surface area contributed by atoms with Gasteiger partial charge in [0.25, 0.3) is 0 Å². The van der Waals surface area contributed by atoms with E-state index in [2.05, 4.69) is 20.9 Å². The fourth-order valence-electron chi connectivity index (χ4n) is 1.30. The number of carbonyl (C=O) groups is 1. The summed E-state index contributed by atoms with van der Waals surface area (Å²) in [7, 11) is 0. The second-order valence-corrected chi connectivity index (χ2v) is 5.51. The van der Waals surface area contributed by atoms with E-state index in [1.165, 1.54) is 6.92 Å². The number of carbonyl (C=O) groups excluding carboxylic acids is 1. The SMILES string of the molecule is CC(=O)c1ccc(Sc2cccc(Br)c2)nc1. The number of rotatable bonds is 3. The highest BCUT2D eigenvalue weighted by Crippen LogP contribution is 2.27. The van der Waals surface area contributed by atoms with E-state index in [1.807, 2.05) is 30.3 Å². The first-order valence-corrected chi connectivity index (χ1v) is 6.66. The summed E-state index contributed by atoms with van der Waals surface area (Å²) >= 11 is 5.00. The number of Topliss-reactive ketones (excluding diaryl/α,β-unsaturated/α-hetero) is 1. The Balaban J connectivity index is 2.16. The first kappa shape index (κ1) is 12.3. The minimum absolute atomic E-state index is 0.0384. The molecule has 0 aliphatic heterocycles. The second kappa shape index (κ2) is 5.47. The Labute approximate surface area is 113 Å². The Kier molecular flexibility index (Phi) is 3.97. The standard InChI is InChI=1S/C13H10BrNOS/c1-9(16)10-5-6-13(15-8-10)17-12-4-2-3-11(14)7-12/h2-8H,1H3. The average Bonchev–Trinajstić information content (AvgIpc) is 2.29. The van der Waals surface area contributed by atoms with Gasteiger partial charge in [-0.15, -0.1) is 0 Å². The summed E-state index contributed by atoms with van der Waals surface area (Å²) in [4.78, 5) is 16.5. The van der Waals surface area contributed by atoms with Gasteiger partial charge in [0, 0.05) is 21.1 Å². The molecule has 4 heteroatoms. The molecule has 0 amide bonds. The normalized spacial score (nSPS) is 10.2. The number of hydrogen-bond acceptors (Lipinski definition) is 3. The van der Waals surface area contributed by atoms with E-state index in [9.17, 15) is 4.79 Å². The van der Waals surface area contributed by atoms with Gasteiger partial charge in [-0.2, -0.15) is 0 Å². The van der Waals surface area contributed by atoms with Gasteiger partial charge in [-0.25, -0.2) is 4.98 Å². The maximum Gasteiger partial charge on any atom is 0.161 e. The molecule has 2 rings (SSSR count). The number of halogens is 1. The maximum atomic E-state index is 11.1. The summed E-state index contributed by atoms with van der Waals surface area (Å²) in [6.07, 6.45) is 1.61. The zero-order valence-corrected chi connectivity index (χ0v) is 11.6. The molecule has 0 saturated heterocycles. The molecule has 2 nitrogen and oxygen atoms in total. The van der Waals surface area contributed by atoms with Crippen LogP contribution in [0.1, 0.15) is 17.3 Å². The lowest BCUT2D eigenvalue weighted by Gasteiger charge is -2.02. The summed E-state index contributed by atoms with van der Waals surface area (Å²) in [5.74, 6) is 0.0384. The predicted molar refractivity (Wildman–Crippen MR) is 72.5 cm³/mol. The molecule has 0 fully saturated rings. The second-order valence-electron chi connectivity index (χ2n) is 3.50. The minimum atomic E-state index is 0.0384. The Morgan fingerprint density at radius 1 is 1.29 bits per heavy atom. The van der Waals surface area contributed by atoms with E-state index in [0.29, 0.717) is 5.56 Å². The minimum Gasteiger partial charge on any atom is -0.294 e. The van der Waals surface area contributed by atoms with Crippen molar-refractivity contribution in [2.24, 2.45) is 0 Å². The smallest absolute Gasteiger partial charge is 0.161 e. The summed E-state index contributed by atoms with van der Waals surface area (Å²) in [5.41, 5.74) is 0.642. The molecular formula is C13H10BrNOS. The quantitative estimate of drug-likeness (QED) is 0.796. The molecule has 0 aliphatic rings. The predicted octanol–water partition coefficient (Wildman–Crippen LogP) is 4.20. The van der Waals surface area contributed by atoms with Gasteiger partial charge in [-0.1, -0.05) is 33.8 Å². The van der Waals surface area contributed by atoms with Crippen LogP contribution in [0.5, 0.6) is 0 Å². The summed E-state index contributed by atoms with van der Waals surface area (Å²) in [6, 6.07) is 11.7. The van der Waals surface area contributed by atoms with Crippen LogP contribution in [0.2, 0.25) is 0 Å². The molecule has 0 N–H and O–H groups in total. The largest absolute Gasteiger partial charge is 0.294 e. The van der Waals surface area contributed by atoms with Crippen LogP contribution in [-0.2, 0) is 0 Å². The number of ketones is 1. The van der Waals surface area contributed by atoms with Crippen LogP contribution in [0.4, 0.5) is 0 Å². The van der Waals surface area contributed by atoms with Crippen molar-refractivity contribution < 1.29 is 4.79 Å². The number of hydrogen-bond donors (Lipinski definition) is 0. The van der Waals surface area contributed by atoms with E-state index in [0.717, 1.165) is 14.4 Å². The van der Waals surface area contributed by atoms with E-state index in [1.54, 1.807) is 24.0 Å². The third-order valence-corrected chi connectivity index (χ3v) is 3.59. The molecule has 0 bridgehead atoms.